The molecule has 4 aromatic rings. The molecule has 1 aromatic heterocycles. The number of nitroso groups, excluding NO2 is 1. The molecule has 0 radical (unpaired) electrons. The summed E-state index contributed by atoms with van der Waals surface area (Å²) < 4.78 is 1.63. The number of fused-ring (bicyclic) bond motifs is 1. The molecule has 0 unspecified atom stereocenters. The number of rotatable bonds is 6. The van der Waals surface area contributed by atoms with Crippen LogP contribution < -0.4 is 5.32 Å². The van der Waals surface area contributed by atoms with Gasteiger partial charge in [-0.15, -0.1) is 4.91 Å². The van der Waals surface area contributed by atoms with Crippen molar-refractivity contribution in [2.24, 2.45) is 5.18 Å². The number of amides is 1. The topological polar surface area (TPSA) is 83.7 Å². The van der Waals surface area contributed by atoms with Gasteiger partial charge in [-0.3, -0.25) is 4.79 Å². The highest BCUT2D eigenvalue weighted by Gasteiger charge is 2.18. The van der Waals surface area contributed by atoms with Gasteiger partial charge in [0.05, 0.1) is 12.1 Å². The number of nitrogens with zero attached hydrogens (tertiary/aromatic N) is 2. The van der Waals surface area contributed by atoms with Gasteiger partial charge in [-0.2, -0.15) is 0 Å². The third-order valence-corrected chi connectivity index (χ3v) is 4.78. The van der Waals surface area contributed by atoms with Gasteiger partial charge in [-0.05, 0) is 40.6 Å². The van der Waals surface area contributed by atoms with Crippen molar-refractivity contribution >= 4 is 34.3 Å². The van der Waals surface area contributed by atoms with E-state index >= 15 is 0 Å². The third kappa shape index (κ3) is 3.98. The molecule has 30 heavy (non-hydrogen) atoms. The Hall–Kier alpha value is -4.19. The summed E-state index contributed by atoms with van der Waals surface area (Å²) in [7, 11) is 0. The van der Waals surface area contributed by atoms with E-state index in [1.54, 1.807) is 28.8 Å². The van der Waals surface area contributed by atoms with Crippen LogP contribution in [0, 0.1) is 4.91 Å². The standard InChI is InChI=1S/C24H19N3O3/c28-22(14-11-17-7-3-1-4-8-17)25-19-12-13-21-20(15-19)23(26-30)24(29)27(21)16-18-9-5-2-6-10-18/h1-15,29H,16H2,(H,25,28)/b14-11+. The monoisotopic (exact) mass is 397 g/mol. The van der Waals surface area contributed by atoms with Crippen molar-refractivity contribution in [1.82, 2.24) is 4.57 Å². The van der Waals surface area contributed by atoms with E-state index in [4.69, 9.17) is 0 Å². The third-order valence-electron chi connectivity index (χ3n) is 4.78. The Morgan fingerprint density at radius 3 is 2.40 bits per heavy atom. The Labute approximate surface area is 173 Å². The lowest BCUT2D eigenvalue weighted by atomic mass is 10.2. The van der Waals surface area contributed by atoms with Crippen LogP contribution in [0.25, 0.3) is 17.0 Å². The summed E-state index contributed by atoms with van der Waals surface area (Å²) in [6.07, 6.45) is 3.16. The van der Waals surface area contributed by atoms with Gasteiger partial charge in [0.25, 0.3) is 0 Å². The fourth-order valence-electron chi connectivity index (χ4n) is 3.34. The van der Waals surface area contributed by atoms with Crippen LogP contribution in [0.15, 0.2) is 90.1 Å². The molecule has 1 heterocycles. The van der Waals surface area contributed by atoms with Crippen molar-refractivity contribution in [3.05, 3.63) is 101 Å². The number of nitrogens with one attached hydrogen (secondary N) is 1. The Kier molecular flexibility index (Phi) is 5.39. The zero-order chi connectivity index (χ0) is 20.9. The average molecular weight is 397 g/mol. The maximum absolute atomic E-state index is 12.3. The van der Waals surface area contributed by atoms with Crippen LogP contribution in [0.3, 0.4) is 0 Å². The van der Waals surface area contributed by atoms with E-state index in [0.717, 1.165) is 11.1 Å². The molecule has 0 spiro atoms. The lowest BCUT2D eigenvalue weighted by Crippen LogP contribution is -2.07. The minimum atomic E-state index is -0.299. The predicted molar refractivity (Wildman–Crippen MR) is 119 cm³/mol. The zero-order valence-corrected chi connectivity index (χ0v) is 16.0. The molecule has 0 fully saturated rings. The summed E-state index contributed by atoms with van der Waals surface area (Å²) in [5, 5.41) is 16.8. The Bertz CT molecular complexity index is 1230. The minimum absolute atomic E-state index is 0.0446. The van der Waals surface area contributed by atoms with Gasteiger partial charge < -0.3 is 15.0 Å². The van der Waals surface area contributed by atoms with Crippen molar-refractivity contribution in [2.45, 2.75) is 6.54 Å². The predicted octanol–water partition coefficient (Wildman–Crippen LogP) is 5.45. The van der Waals surface area contributed by atoms with Crippen LogP contribution in [0.1, 0.15) is 11.1 Å². The molecule has 6 nitrogen and oxygen atoms in total. The van der Waals surface area contributed by atoms with Crippen LogP contribution in [0.2, 0.25) is 0 Å². The number of hydrogen-bond donors (Lipinski definition) is 2. The molecular formula is C24H19N3O3. The highest BCUT2D eigenvalue weighted by atomic mass is 16.3. The van der Waals surface area contributed by atoms with Crippen molar-refractivity contribution in [1.29, 1.82) is 0 Å². The molecule has 2 N–H and O–H groups in total. The second-order valence-electron chi connectivity index (χ2n) is 6.80. The summed E-state index contributed by atoms with van der Waals surface area (Å²) in [6.45, 7) is 0.393. The van der Waals surface area contributed by atoms with Gasteiger partial charge in [0.15, 0.2) is 5.69 Å². The summed E-state index contributed by atoms with van der Waals surface area (Å²) in [5.74, 6) is -0.497. The fraction of sp³-hybridized carbons (Fsp3) is 0.0417. The smallest absolute Gasteiger partial charge is 0.248 e. The van der Waals surface area contributed by atoms with Crippen LogP contribution >= 0.6 is 0 Å². The first-order chi connectivity index (χ1) is 14.7. The van der Waals surface area contributed by atoms with Crippen LogP contribution in [0.4, 0.5) is 11.4 Å². The van der Waals surface area contributed by atoms with Crippen molar-refractivity contribution in [3.8, 4) is 5.88 Å². The van der Waals surface area contributed by atoms with Crippen molar-refractivity contribution in [2.75, 3.05) is 5.32 Å². The quantitative estimate of drug-likeness (QED) is 0.335. The van der Waals surface area contributed by atoms with E-state index in [-0.39, 0.29) is 17.5 Å². The molecule has 0 aliphatic rings. The van der Waals surface area contributed by atoms with Crippen LogP contribution in [0.5, 0.6) is 5.88 Å². The SMILES string of the molecule is O=Nc1c(O)n(Cc2ccccc2)c2ccc(NC(=O)/C=C/c3ccccc3)cc12. The molecule has 0 aliphatic carbocycles. The van der Waals surface area contributed by atoms with Gasteiger partial charge >= 0.3 is 0 Å². The summed E-state index contributed by atoms with van der Waals surface area (Å²) >= 11 is 0. The molecule has 0 bridgehead atoms. The van der Waals surface area contributed by atoms with E-state index in [1.807, 2.05) is 60.7 Å². The van der Waals surface area contributed by atoms with Gasteiger partial charge in [0, 0.05) is 17.1 Å². The fourth-order valence-corrected chi connectivity index (χ4v) is 3.34. The Balaban J connectivity index is 1.61. The largest absolute Gasteiger partial charge is 0.493 e. The molecule has 1 amide bonds. The number of aromatic nitrogens is 1. The van der Waals surface area contributed by atoms with Gasteiger partial charge in [0.1, 0.15) is 0 Å². The molecule has 0 atom stereocenters. The number of aromatic hydroxyl groups is 1. The number of anilines is 1. The Morgan fingerprint density at radius 2 is 1.70 bits per heavy atom. The summed E-state index contributed by atoms with van der Waals surface area (Å²) in [6, 6.07) is 24.2. The Morgan fingerprint density at radius 1 is 1.00 bits per heavy atom. The average Bonchev–Trinajstić information content (AvgIpc) is 3.04. The molecule has 0 saturated heterocycles. The number of benzene rings is 3. The maximum Gasteiger partial charge on any atom is 0.248 e. The molecule has 148 valence electrons. The summed E-state index contributed by atoms with van der Waals surface area (Å²) in [4.78, 5) is 23.6. The first-order valence-electron chi connectivity index (χ1n) is 9.42. The second kappa shape index (κ2) is 8.45. The van der Waals surface area contributed by atoms with Gasteiger partial charge in [-0.25, -0.2) is 0 Å². The van der Waals surface area contributed by atoms with E-state index in [0.29, 0.717) is 23.1 Å². The summed E-state index contributed by atoms with van der Waals surface area (Å²) in [5.41, 5.74) is 3.01. The first-order valence-corrected chi connectivity index (χ1v) is 9.42. The lowest BCUT2D eigenvalue weighted by Gasteiger charge is -2.08. The molecule has 0 aliphatic heterocycles. The van der Waals surface area contributed by atoms with Crippen LogP contribution in [-0.2, 0) is 11.3 Å². The van der Waals surface area contributed by atoms with E-state index in [2.05, 4.69) is 10.5 Å². The van der Waals surface area contributed by atoms with Crippen molar-refractivity contribution < 1.29 is 9.90 Å². The van der Waals surface area contributed by atoms with E-state index in [1.165, 1.54) is 6.08 Å². The number of carbonyl (C=O) groups excluding carboxylic acids is 1. The molecule has 6 heteroatoms. The highest BCUT2D eigenvalue weighted by molar-refractivity contribution is 6.04. The number of hydrogen-bond acceptors (Lipinski definition) is 4. The van der Waals surface area contributed by atoms with Gasteiger partial charge in [0.2, 0.25) is 11.8 Å². The van der Waals surface area contributed by atoms with Crippen LogP contribution in [-0.4, -0.2) is 15.6 Å². The highest BCUT2D eigenvalue weighted by Crippen LogP contribution is 2.40. The first kappa shape index (κ1) is 19.1. The maximum atomic E-state index is 12.3. The molecule has 0 saturated carbocycles. The van der Waals surface area contributed by atoms with Crippen molar-refractivity contribution in [3.63, 3.8) is 0 Å². The normalized spacial score (nSPS) is 11.1. The lowest BCUT2D eigenvalue weighted by molar-refractivity contribution is -0.111. The molecule has 3 aromatic carbocycles. The molecular weight excluding hydrogens is 378 g/mol. The van der Waals surface area contributed by atoms with E-state index in [9.17, 15) is 14.8 Å². The minimum Gasteiger partial charge on any atom is -0.493 e. The number of carbonyl (C=O) groups is 1. The zero-order valence-electron chi connectivity index (χ0n) is 16.0. The van der Waals surface area contributed by atoms with Gasteiger partial charge in [-0.1, -0.05) is 60.7 Å². The molecule has 4 rings (SSSR count). The second-order valence-corrected chi connectivity index (χ2v) is 6.80. The van der Waals surface area contributed by atoms with E-state index < -0.39 is 0 Å².